The van der Waals surface area contributed by atoms with E-state index in [0.717, 1.165) is 54.8 Å². The smallest absolute Gasteiger partial charge is 0.147 e. The summed E-state index contributed by atoms with van der Waals surface area (Å²) in [6, 6.07) is 64.5. The zero-order chi connectivity index (χ0) is 30.5. The van der Waals surface area contributed by atoms with Crippen molar-refractivity contribution < 1.29 is 24.7 Å². The molecule has 225 valence electrons. The van der Waals surface area contributed by atoms with Crippen LogP contribution < -0.4 is 15.9 Å². The summed E-state index contributed by atoms with van der Waals surface area (Å²) >= 11 is 0. The predicted molar refractivity (Wildman–Crippen MR) is 188 cm³/mol. The fourth-order valence-electron chi connectivity index (χ4n) is 5.58. The fourth-order valence-corrected chi connectivity index (χ4v) is 8.18. The monoisotopic (exact) mass is 789 g/mol. The maximum absolute atomic E-state index is 14.2. The van der Waals surface area contributed by atoms with E-state index in [-0.39, 0.29) is 20.1 Å². The van der Waals surface area contributed by atoms with Gasteiger partial charge in [0.2, 0.25) is 0 Å². The number of hydrogen-bond donors (Lipinski definition) is 0. The number of imidazole rings is 1. The normalized spacial score (nSPS) is 11.0. The molecule has 1 aromatic heterocycles. The summed E-state index contributed by atoms with van der Waals surface area (Å²) in [5, 5.41) is 4.61. The van der Waals surface area contributed by atoms with Crippen LogP contribution in [0.5, 0.6) is 0 Å². The second kappa shape index (κ2) is 14.1. The molecule has 0 amide bonds. The molecule has 0 saturated carbocycles. The Morgan fingerprint density at radius 3 is 1.78 bits per heavy atom. The molecule has 0 aliphatic carbocycles. The van der Waals surface area contributed by atoms with Crippen LogP contribution in [0, 0.1) is 12.1 Å². The standard InChI is InChI=1S/C22H16OP.C19H13N2.Ir/c23-24(20-11-3-1-4-12-20,21-13-5-2-6-14-21)22-16-15-18-9-7-8-10-19(18)17-22;1-3-9-15(10-4-1)19-20-17-13-7-8-14-18(17)21(19)16-11-5-2-6-12-16;/h1-15,17H;1-9,11-14H;/q2*-1;. The minimum Gasteiger partial charge on any atom is -0.333 e. The Hall–Kier alpha value is -4.85. The molecule has 7 aromatic carbocycles. The first-order chi connectivity index (χ1) is 22.2. The van der Waals surface area contributed by atoms with Gasteiger partial charge in [0.25, 0.3) is 0 Å². The Morgan fingerprint density at radius 2 is 1.13 bits per heavy atom. The zero-order valence-corrected chi connectivity index (χ0v) is 28.1. The number of hydrogen-bond acceptors (Lipinski definition) is 2. The van der Waals surface area contributed by atoms with Crippen molar-refractivity contribution in [2.24, 2.45) is 0 Å². The Morgan fingerprint density at radius 1 is 0.565 bits per heavy atom. The van der Waals surface area contributed by atoms with E-state index in [4.69, 9.17) is 4.98 Å². The molecule has 8 aromatic rings. The molecule has 1 heterocycles. The summed E-state index contributed by atoms with van der Waals surface area (Å²) < 4.78 is 16.4. The van der Waals surface area contributed by atoms with Gasteiger partial charge in [0, 0.05) is 36.4 Å². The minimum atomic E-state index is -2.94. The van der Waals surface area contributed by atoms with Gasteiger partial charge in [-0.3, -0.25) is 4.98 Å². The van der Waals surface area contributed by atoms with Crippen LogP contribution in [0.15, 0.2) is 176 Å². The van der Waals surface area contributed by atoms with Crippen molar-refractivity contribution in [3.63, 3.8) is 0 Å². The number of aromatic nitrogens is 2. The van der Waals surface area contributed by atoms with Gasteiger partial charge in [-0.05, 0) is 24.3 Å². The predicted octanol–water partition coefficient (Wildman–Crippen LogP) is 8.77. The molecule has 0 fully saturated rings. The van der Waals surface area contributed by atoms with Crippen molar-refractivity contribution in [2.45, 2.75) is 0 Å². The van der Waals surface area contributed by atoms with E-state index in [0.29, 0.717) is 0 Å². The molecule has 0 aliphatic rings. The first kappa shape index (κ1) is 31.1. The van der Waals surface area contributed by atoms with Gasteiger partial charge >= 0.3 is 0 Å². The van der Waals surface area contributed by atoms with Crippen molar-refractivity contribution in [3.8, 4) is 17.1 Å². The van der Waals surface area contributed by atoms with Gasteiger partial charge in [0.1, 0.15) is 7.14 Å². The molecule has 3 nitrogen and oxygen atoms in total. The number of fused-ring (bicyclic) bond motifs is 2. The topological polar surface area (TPSA) is 34.9 Å². The zero-order valence-electron chi connectivity index (χ0n) is 24.8. The van der Waals surface area contributed by atoms with E-state index in [1.54, 1.807) is 0 Å². The van der Waals surface area contributed by atoms with Crippen LogP contribution in [0.2, 0.25) is 0 Å². The number of benzene rings is 7. The second-order valence-corrected chi connectivity index (χ2v) is 13.3. The SMILES string of the molecule is O=P(c1[c-]cc2ccccc2c1)(c1ccccc1)c1ccccc1.[Ir].[c-]1ccccc1-c1nc2ccccc2n1-c1ccccc1. The molecule has 0 aliphatic heterocycles. The molecule has 1 radical (unpaired) electrons. The van der Waals surface area contributed by atoms with E-state index < -0.39 is 7.14 Å². The van der Waals surface area contributed by atoms with Gasteiger partial charge < -0.3 is 9.13 Å². The van der Waals surface area contributed by atoms with E-state index in [1.165, 1.54) is 0 Å². The van der Waals surface area contributed by atoms with Crippen molar-refractivity contribution in [1.29, 1.82) is 0 Å². The van der Waals surface area contributed by atoms with E-state index >= 15 is 0 Å². The van der Waals surface area contributed by atoms with Gasteiger partial charge in [-0.15, -0.1) is 52.7 Å². The largest absolute Gasteiger partial charge is 0.333 e. The number of nitrogens with zero attached hydrogens (tertiary/aromatic N) is 2. The first-order valence-corrected chi connectivity index (χ1v) is 16.5. The molecule has 0 saturated heterocycles. The molecule has 0 N–H and O–H groups in total. The maximum Gasteiger partial charge on any atom is 0.147 e. The molecule has 5 heteroatoms. The summed E-state index contributed by atoms with van der Waals surface area (Å²) in [7, 11) is -2.94. The Bertz CT molecular complexity index is 2190. The van der Waals surface area contributed by atoms with E-state index in [1.807, 2.05) is 158 Å². The average molecular weight is 789 g/mol. The third-order valence-corrected chi connectivity index (χ3v) is 10.8. The first-order valence-electron chi connectivity index (χ1n) is 14.8. The quantitative estimate of drug-likeness (QED) is 0.129. The van der Waals surface area contributed by atoms with Gasteiger partial charge in [-0.25, -0.2) is 0 Å². The van der Waals surface area contributed by atoms with Crippen molar-refractivity contribution >= 4 is 44.9 Å². The van der Waals surface area contributed by atoms with Crippen molar-refractivity contribution in [3.05, 3.63) is 188 Å². The Kier molecular flexibility index (Phi) is 9.52. The molecule has 0 atom stereocenters. The second-order valence-electron chi connectivity index (χ2n) is 10.6. The van der Waals surface area contributed by atoms with Crippen LogP contribution >= 0.6 is 7.14 Å². The summed E-state index contributed by atoms with van der Waals surface area (Å²) in [6.45, 7) is 0. The molecule has 8 rings (SSSR count). The molecule has 0 spiro atoms. The minimum absolute atomic E-state index is 0. The summed E-state index contributed by atoms with van der Waals surface area (Å²) in [4.78, 5) is 4.79. The van der Waals surface area contributed by atoms with Crippen LogP contribution in [0.1, 0.15) is 0 Å². The Balaban J connectivity index is 0.000000159. The number of rotatable bonds is 5. The summed E-state index contributed by atoms with van der Waals surface area (Å²) in [5.41, 5.74) is 4.21. The number of para-hydroxylation sites is 3. The molecule has 0 unspecified atom stereocenters. The van der Waals surface area contributed by atoms with Gasteiger partial charge in [-0.2, -0.15) is 18.2 Å². The maximum atomic E-state index is 14.2. The van der Waals surface area contributed by atoms with E-state index in [2.05, 4.69) is 34.9 Å². The van der Waals surface area contributed by atoms with Crippen LogP contribution in [-0.4, -0.2) is 9.55 Å². The molecule has 46 heavy (non-hydrogen) atoms. The van der Waals surface area contributed by atoms with E-state index in [9.17, 15) is 4.57 Å². The van der Waals surface area contributed by atoms with Crippen molar-refractivity contribution in [1.82, 2.24) is 9.55 Å². The Labute approximate surface area is 282 Å². The average Bonchev–Trinajstić information content (AvgIpc) is 3.53. The van der Waals surface area contributed by atoms with Crippen LogP contribution in [0.25, 0.3) is 38.9 Å². The van der Waals surface area contributed by atoms with Crippen molar-refractivity contribution in [2.75, 3.05) is 0 Å². The van der Waals surface area contributed by atoms with Crippen LogP contribution in [0.3, 0.4) is 0 Å². The molecular formula is C41H29IrN2OP-2. The third-order valence-electron chi connectivity index (χ3n) is 7.77. The van der Waals surface area contributed by atoms with Gasteiger partial charge in [0.15, 0.2) is 0 Å². The van der Waals surface area contributed by atoms with Gasteiger partial charge in [0.05, 0.1) is 16.9 Å². The van der Waals surface area contributed by atoms with Gasteiger partial charge in [-0.1, -0.05) is 114 Å². The van der Waals surface area contributed by atoms with Crippen LogP contribution in [-0.2, 0) is 24.7 Å². The fraction of sp³-hybridized carbons (Fsp3) is 0. The third kappa shape index (κ3) is 6.16. The van der Waals surface area contributed by atoms with Crippen LogP contribution in [0.4, 0.5) is 0 Å². The summed E-state index contributed by atoms with van der Waals surface area (Å²) in [5.74, 6) is 0.919. The molecule has 0 bridgehead atoms. The molecular weight excluding hydrogens is 760 g/mol. The summed E-state index contributed by atoms with van der Waals surface area (Å²) in [6.07, 6.45) is 0.